The summed E-state index contributed by atoms with van der Waals surface area (Å²) in [6, 6.07) is 9.96. The average Bonchev–Trinajstić information content (AvgIpc) is 2.76. The maximum absolute atomic E-state index is 8.92. The van der Waals surface area contributed by atoms with Crippen molar-refractivity contribution in [2.24, 2.45) is 0 Å². The highest BCUT2D eigenvalue weighted by molar-refractivity contribution is 5.55. The van der Waals surface area contributed by atoms with Crippen LogP contribution in [0.25, 0.3) is 0 Å². The van der Waals surface area contributed by atoms with E-state index in [1.54, 1.807) is 12.3 Å². The second-order valence-corrected chi connectivity index (χ2v) is 7.68. The van der Waals surface area contributed by atoms with Crippen molar-refractivity contribution >= 4 is 11.5 Å². The summed E-state index contributed by atoms with van der Waals surface area (Å²) in [4.78, 5) is 20.2. The van der Waals surface area contributed by atoms with E-state index in [0.29, 0.717) is 5.69 Å². The minimum atomic E-state index is 0.257. The third kappa shape index (κ3) is 4.61. The predicted molar refractivity (Wildman–Crippen MR) is 115 cm³/mol. The summed E-state index contributed by atoms with van der Waals surface area (Å²) < 4.78 is 0. The molecule has 1 aliphatic rings. The Balaban J connectivity index is 1.58. The fraction of sp³-hybridized carbons (Fsp3) is 0.348. The predicted octanol–water partition coefficient (Wildman–Crippen LogP) is 4.23. The number of likely N-dealkylation sites (tertiary alicyclic amines) is 1. The molecule has 0 spiro atoms. The Kier molecular flexibility index (Phi) is 5.96. The molecule has 0 saturated carbocycles. The van der Waals surface area contributed by atoms with Crippen LogP contribution >= 0.6 is 0 Å². The number of rotatable bonds is 5. The number of nitrogens with one attached hydrogen (secondary N) is 1. The molecule has 1 fully saturated rings. The monoisotopic (exact) mass is 399 g/mol. The van der Waals surface area contributed by atoms with Gasteiger partial charge in [-0.05, 0) is 62.6 Å². The molecule has 0 bridgehead atoms. The zero-order chi connectivity index (χ0) is 20.9. The second kappa shape index (κ2) is 8.97. The van der Waals surface area contributed by atoms with Crippen molar-refractivity contribution in [3.05, 3.63) is 71.2 Å². The first kappa shape index (κ1) is 19.9. The molecule has 152 valence electrons. The summed E-state index contributed by atoms with van der Waals surface area (Å²) in [5, 5.41) is 12.2. The molecule has 0 amide bonds. The summed E-state index contributed by atoms with van der Waals surface area (Å²) in [7, 11) is 0. The highest BCUT2D eigenvalue weighted by atomic mass is 15.2. The van der Waals surface area contributed by atoms with Crippen LogP contribution < -0.4 is 5.32 Å². The minimum absolute atomic E-state index is 0.257. The van der Waals surface area contributed by atoms with E-state index in [2.05, 4.69) is 38.2 Å². The van der Waals surface area contributed by atoms with Gasteiger partial charge in [-0.15, -0.1) is 0 Å². The number of hydrogen-bond acceptors (Lipinski definition) is 7. The van der Waals surface area contributed by atoms with Gasteiger partial charge in [0.2, 0.25) is 0 Å². The fourth-order valence-corrected chi connectivity index (χ4v) is 3.92. The number of nitriles is 1. The van der Waals surface area contributed by atoms with Crippen LogP contribution in [0.5, 0.6) is 0 Å². The summed E-state index contributed by atoms with van der Waals surface area (Å²) in [6.07, 6.45) is 8.92. The summed E-state index contributed by atoms with van der Waals surface area (Å²) in [5.41, 5.74) is 4.76. The zero-order valence-corrected chi connectivity index (χ0v) is 17.3. The molecule has 0 aliphatic carbocycles. The van der Waals surface area contributed by atoms with Crippen LogP contribution in [-0.2, 0) is 6.54 Å². The Labute approximate surface area is 176 Å². The number of aromatic nitrogens is 4. The van der Waals surface area contributed by atoms with Crippen molar-refractivity contribution < 1.29 is 0 Å². The first-order chi connectivity index (χ1) is 14.6. The van der Waals surface area contributed by atoms with Crippen molar-refractivity contribution in [2.75, 3.05) is 11.9 Å². The van der Waals surface area contributed by atoms with Gasteiger partial charge in [-0.1, -0.05) is 6.42 Å². The SMILES string of the molecule is Cc1nc(Nc2ccc(C#N)nc2)cc(C2CCCCN2Cc2ccncc2C)n1. The van der Waals surface area contributed by atoms with E-state index in [-0.39, 0.29) is 6.04 Å². The number of pyridine rings is 2. The van der Waals surface area contributed by atoms with Gasteiger partial charge >= 0.3 is 0 Å². The minimum Gasteiger partial charge on any atom is -0.339 e. The van der Waals surface area contributed by atoms with Gasteiger partial charge in [-0.2, -0.15) is 5.26 Å². The topological polar surface area (TPSA) is 90.6 Å². The van der Waals surface area contributed by atoms with E-state index in [1.807, 2.05) is 37.5 Å². The van der Waals surface area contributed by atoms with E-state index >= 15 is 0 Å². The molecule has 1 aliphatic heterocycles. The van der Waals surface area contributed by atoms with Crippen molar-refractivity contribution in [2.45, 2.75) is 45.7 Å². The van der Waals surface area contributed by atoms with Gasteiger partial charge in [0.05, 0.1) is 23.6 Å². The lowest BCUT2D eigenvalue weighted by Gasteiger charge is -2.35. The fourth-order valence-electron chi connectivity index (χ4n) is 3.92. The van der Waals surface area contributed by atoms with E-state index in [9.17, 15) is 0 Å². The van der Waals surface area contributed by atoms with Gasteiger partial charge in [0.1, 0.15) is 23.4 Å². The number of hydrogen-bond donors (Lipinski definition) is 1. The number of anilines is 2. The Morgan fingerprint density at radius 1 is 1.17 bits per heavy atom. The summed E-state index contributed by atoms with van der Waals surface area (Å²) in [5.74, 6) is 1.48. The third-order valence-electron chi connectivity index (χ3n) is 5.47. The molecule has 7 heteroatoms. The lowest BCUT2D eigenvalue weighted by Crippen LogP contribution is -2.33. The van der Waals surface area contributed by atoms with Gasteiger partial charge in [-0.3, -0.25) is 9.88 Å². The highest BCUT2D eigenvalue weighted by Crippen LogP contribution is 2.32. The van der Waals surface area contributed by atoms with Crippen LogP contribution in [0.4, 0.5) is 11.5 Å². The number of aryl methyl sites for hydroxylation is 2. The maximum Gasteiger partial charge on any atom is 0.140 e. The summed E-state index contributed by atoms with van der Waals surface area (Å²) in [6.45, 7) is 5.98. The lowest BCUT2D eigenvalue weighted by atomic mass is 9.97. The van der Waals surface area contributed by atoms with Gasteiger partial charge in [0.15, 0.2) is 0 Å². The van der Waals surface area contributed by atoms with E-state index in [1.165, 1.54) is 24.0 Å². The largest absolute Gasteiger partial charge is 0.339 e. The maximum atomic E-state index is 8.92. The van der Waals surface area contributed by atoms with Crippen molar-refractivity contribution in [1.29, 1.82) is 5.26 Å². The lowest BCUT2D eigenvalue weighted by molar-refractivity contribution is 0.137. The Hall–Kier alpha value is -3.37. The van der Waals surface area contributed by atoms with Gasteiger partial charge in [-0.25, -0.2) is 15.0 Å². The molecule has 7 nitrogen and oxygen atoms in total. The van der Waals surface area contributed by atoms with Crippen LogP contribution in [0, 0.1) is 25.2 Å². The van der Waals surface area contributed by atoms with Crippen molar-refractivity contribution in [3.8, 4) is 6.07 Å². The molecule has 4 heterocycles. The third-order valence-corrected chi connectivity index (χ3v) is 5.47. The average molecular weight is 400 g/mol. The first-order valence-electron chi connectivity index (χ1n) is 10.2. The van der Waals surface area contributed by atoms with Crippen LogP contribution in [0.3, 0.4) is 0 Å². The molecule has 3 aromatic rings. The van der Waals surface area contributed by atoms with E-state index in [0.717, 1.165) is 42.5 Å². The van der Waals surface area contributed by atoms with Gasteiger partial charge in [0.25, 0.3) is 0 Å². The number of nitrogens with zero attached hydrogens (tertiary/aromatic N) is 6. The van der Waals surface area contributed by atoms with Gasteiger partial charge < -0.3 is 5.32 Å². The molecule has 1 saturated heterocycles. The highest BCUT2D eigenvalue weighted by Gasteiger charge is 2.26. The molecule has 4 rings (SSSR count). The molecule has 3 aromatic heterocycles. The van der Waals surface area contributed by atoms with E-state index < -0.39 is 0 Å². The second-order valence-electron chi connectivity index (χ2n) is 7.68. The van der Waals surface area contributed by atoms with E-state index in [4.69, 9.17) is 10.2 Å². The molecule has 0 radical (unpaired) electrons. The molecular formula is C23H25N7. The number of piperidine rings is 1. The van der Waals surface area contributed by atoms with Crippen LogP contribution in [-0.4, -0.2) is 31.4 Å². The molecule has 1 atom stereocenters. The zero-order valence-electron chi connectivity index (χ0n) is 17.3. The molecule has 0 aromatic carbocycles. The van der Waals surface area contributed by atoms with Gasteiger partial charge in [0, 0.05) is 25.0 Å². The van der Waals surface area contributed by atoms with Crippen molar-refractivity contribution in [3.63, 3.8) is 0 Å². The standard InChI is InChI=1S/C23H25N7/c1-16-13-25-9-8-18(16)15-30-10-4-3-5-22(30)21-11-23(28-17(2)27-21)29-20-7-6-19(12-24)26-14-20/h6-9,11,13-14,22H,3-5,10,15H2,1-2H3,(H,27,28,29). The Morgan fingerprint density at radius 2 is 2.07 bits per heavy atom. The molecule has 30 heavy (non-hydrogen) atoms. The van der Waals surface area contributed by atoms with Crippen LogP contribution in [0.1, 0.15) is 53.6 Å². The van der Waals surface area contributed by atoms with Crippen LogP contribution in [0.15, 0.2) is 42.9 Å². The summed E-state index contributed by atoms with van der Waals surface area (Å²) >= 11 is 0. The normalized spacial score (nSPS) is 16.8. The Bertz CT molecular complexity index is 1060. The van der Waals surface area contributed by atoms with Crippen LogP contribution in [0.2, 0.25) is 0 Å². The quantitative estimate of drug-likeness (QED) is 0.686. The molecular weight excluding hydrogens is 374 g/mol. The molecule has 1 N–H and O–H groups in total. The smallest absolute Gasteiger partial charge is 0.140 e. The molecule has 1 unspecified atom stereocenters. The first-order valence-corrected chi connectivity index (χ1v) is 10.2. The Morgan fingerprint density at radius 3 is 2.83 bits per heavy atom. The van der Waals surface area contributed by atoms with Crippen molar-refractivity contribution in [1.82, 2.24) is 24.8 Å².